The molecule has 0 fully saturated rings. The van der Waals surface area contributed by atoms with E-state index in [1.165, 1.54) is 0 Å². The number of hydrogen-bond acceptors (Lipinski definition) is 6. The van der Waals surface area contributed by atoms with Crippen molar-refractivity contribution in [3.8, 4) is 17.2 Å². The molecular formula is C12H10O7. The summed E-state index contributed by atoms with van der Waals surface area (Å²) in [6, 6.07) is 0.905. The standard InChI is InChI=1S/C12H10O7/c13-6-2-1-4(12(18)19)5-3-7(14)10(16)11(17)8(5)9(6)15/h1-4,13-17H,(H,18,19)/t4-/m1/s1. The van der Waals surface area contributed by atoms with Crippen LogP contribution < -0.4 is 0 Å². The molecule has 1 aliphatic carbocycles. The first-order valence-electron chi connectivity index (χ1n) is 5.16. The number of carbonyl (C=O) groups is 1. The number of carboxylic acids is 1. The van der Waals surface area contributed by atoms with Gasteiger partial charge in [0.05, 0.1) is 5.56 Å². The highest BCUT2D eigenvalue weighted by atomic mass is 16.4. The molecule has 19 heavy (non-hydrogen) atoms. The van der Waals surface area contributed by atoms with Crippen LogP contribution in [0.2, 0.25) is 0 Å². The molecule has 7 heteroatoms. The van der Waals surface area contributed by atoms with Crippen LogP contribution >= 0.6 is 0 Å². The quantitative estimate of drug-likeness (QED) is 0.421. The molecule has 0 bridgehead atoms. The molecular weight excluding hydrogens is 256 g/mol. The highest BCUT2D eigenvalue weighted by Gasteiger charge is 2.30. The van der Waals surface area contributed by atoms with Gasteiger partial charge in [-0.3, -0.25) is 4.79 Å². The maximum absolute atomic E-state index is 11.1. The second-order valence-electron chi connectivity index (χ2n) is 3.97. The van der Waals surface area contributed by atoms with Gasteiger partial charge in [-0.15, -0.1) is 0 Å². The number of phenols is 3. The number of aliphatic carboxylic acids is 1. The molecule has 2 rings (SSSR count). The number of fused-ring (bicyclic) bond motifs is 1. The zero-order chi connectivity index (χ0) is 14.3. The Bertz CT molecular complexity index is 627. The molecule has 0 saturated heterocycles. The number of aliphatic hydroxyl groups excluding tert-OH is 2. The van der Waals surface area contributed by atoms with Crippen LogP contribution in [0, 0.1) is 0 Å². The summed E-state index contributed by atoms with van der Waals surface area (Å²) in [6.07, 6.45) is 2.04. The lowest BCUT2D eigenvalue weighted by atomic mass is 9.93. The molecule has 1 aromatic carbocycles. The summed E-state index contributed by atoms with van der Waals surface area (Å²) in [5, 5.41) is 56.8. The number of aromatic hydroxyl groups is 3. The fraction of sp³-hybridized carbons (Fsp3) is 0.0833. The van der Waals surface area contributed by atoms with Crippen LogP contribution in [0.5, 0.6) is 17.2 Å². The third kappa shape index (κ3) is 1.81. The van der Waals surface area contributed by atoms with Crippen molar-refractivity contribution in [2.24, 2.45) is 0 Å². The van der Waals surface area contributed by atoms with E-state index < -0.39 is 46.2 Å². The average molecular weight is 266 g/mol. The van der Waals surface area contributed by atoms with Crippen LogP contribution in [0.25, 0.3) is 5.76 Å². The van der Waals surface area contributed by atoms with Gasteiger partial charge in [-0.05, 0) is 17.7 Å². The van der Waals surface area contributed by atoms with Crippen LogP contribution in [-0.2, 0) is 4.79 Å². The Morgan fingerprint density at radius 3 is 2.26 bits per heavy atom. The summed E-state index contributed by atoms with van der Waals surface area (Å²) in [6.45, 7) is 0. The summed E-state index contributed by atoms with van der Waals surface area (Å²) in [5.74, 6) is -6.62. The smallest absolute Gasteiger partial charge is 0.314 e. The molecule has 0 spiro atoms. The lowest BCUT2D eigenvalue weighted by molar-refractivity contribution is -0.137. The van der Waals surface area contributed by atoms with Crippen molar-refractivity contribution in [3.05, 3.63) is 35.1 Å². The monoisotopic (exact) mass is 266 g/mol. The van der Waals surface area contributed by atoms with Crippen LogP contribution in [0.15, 0.2) is 24.0 Å². The first-order chi connectivity index (χ1) is 8.84. The maximum atomic E-state index is 11.1. The van der Waals surface area contributed by atoms with Gasteiger partial charge in [-0.1, -0.05) is 6.08 Å². The normalized spacial score (nSPS) is 18.0. The van der Waals surface area contributed by atoms with Crippen molar-refractivity contribution >= 4 is 11.7 Å². The predicted octanol–water partition coefficient (Wildman–Crippen LogP) is 1.33. The van der Waals surface area contributed by atoms with Gasteiger partial charge in [-0.2, -0.15) is 0 Å². The number of phenolic OH excluding ortho intramolecular Hbond substituents is 3. The summed E-state index contributed by atoms with van der Waals surface area (Å²) in [7, 11) is 0. The lowest BCUT2D eigenvalue weighted by Gasteiger charge is -2.15. The van der Waals surface area contributed by atoms with Crippen molar-refractivity contribution < 1.29 is 35.4 Å². The van der Waals surface area contributed by atoms with Gasteiger partial charge in [0.1, 0.15) is 5.92 Å². The van der Waals surface area contributed by atoms with E-state index >= 15 is 0 Å². The second-order valence-corrected chi connectivity index (χ2v) is 3.97. The van der Waals surface area contributed by atoms with Crippen molar-refractivity contribution in [2.75, 3.05) is 0 Å². The van der Waals surface area contributed by atoms with Gasteiger partial charge in [0, 0.05) is 0 Å². The van der Waals surface area contributed by atoms with E-state index in [9.17, 15) is 30.3 Å². The largest absolute Gasteiger partial charge is 0.504 e. The highest BCUT2D eigenvalue weighted by molar-refractivity contribution is 5.86. The minimum Gasteiger partial charge on any atom is -0.504 e. The molecule has 0 saturated carbocycles. The third-order valence-corrected chi connectivity index (χ3v) is 2.81. The maximum Gasteiger partial charge on any atom is 0.314 e. The summed E-state index contributed by atoms with van der Waals surface area (Å²) in [4.78, 5) is 11.1. The minimum atomic E-state index is -1.32. The van der Waals surface area contributed by atoms with Crippen molar-refractivity contribution in [1.29, 1.82) is 0 Å². The van der Waals surface area contributed by atoms with Crippen LogP contribution in [-0.4, -0.2) is 36.6 Å². The lowest BCUT2D eigenvalue weighted by Crippen LogP contribution is -2.10. The molecule has 100 valence electrons. The van der Waals surface area contributed by atoms with E-state index in [1.807, 2.05) is 0 Å². The fourth-order valence-electron chi connectivity index (χ4n) is 1.87. The van der Waals surface area contributed by atoms with Gasteiger partial charge in [0.2, 0.25) is 5.75 Å². The zero-order valence-electron chi connectivity index (χ0n) is 9.40. The number of carboxylic acid groups (broad SMARTS) is 1. The Morgan fingerprint density at radius 2 is 1.68 bits per heavy atom. The summed E-state index contributed by atoms with van der Waals surface area (Å²) in [5.41, 5.74) is -0.594. The van der Waals surface area contributed by atoms with Gasteiger partial charge in [0.15, 0.2) is 23.0 Å². The first-order valence-corrected chi connectivity index (χ1v) is 5.16. The van der Waals surface area contributed by atoms with Crippen molar-refractivity contribution in [3.63, 3.8) is 0 Å². The summed E-state index contributed by atoms with van der Waals surface area (Å²) < 4.78 is 0. The summed E-state index contributed by atoms with van der Waals surface area (Å²) >= 11 is 0. The molecule has 0 unspecified atom stereocenters. The number of rotatable bonds is 1. The topological polar surface area (TPSA) is 138 Å². The van der Waals surface area contributed by atoms with Crippen LogP contribution in [0.1, 0.15) is 17.0 Å². The molecule has 0 radical (unpaired) electrons. The number of hydrogen-bond donors (Lipinski definition) is 6. The number of aliphatic hydroxyl groups is 2. The zero-order valence-corrected chi connectivity index (χ0v) is 9.40. The Morgan fingerprint density at radius 1 is 1.05 bits per heavy atom. The molecule has 1 atom stereocenters. The number of benzene rings is 1. The third-order valence-electron chi connectivity index (χ3n) is 2.81. The van der Waals surface area contributed by atoms with Crippen molar-refractivity contribution in [1.82, 2.24) is 0 Å². The van der Waals surface area contributed by atoms with Gasteiger partial charge in [0.25, 0.3) is 0 Å². The van der Waals surface area contributed by atoms with Crippen molar-refractivity contribution in [2.45, 2.75) is 5.92 Å². The SMILES string of the molecule is O=C(O)[C@@H]1C=CC(O)=C(O)c2c1cc(O)c(O)c2O. The molecule has 0 heterocycles. The van der Waals surface area contributed by atoms with Gasteiger partial charge < -0.3 is 30.6 Å². The molecule has 0 amide bonds. The fourth-order valence-corrected chi connectivity index (χ4v) is 1.87. The Labute approximate surface area is 106 Å². The van der Waals surface area contributed by atoms with E-state index in [1.54, 1.807) is 0 Å². The molecule has 6 N–H and O–H groups in total. The Hall–Kier alpha value is -2.83. The minimum absolute atomic E-state index is 0.155. The number of allylic oxidation sites excluding steroid dienone is 1. The Balaban J connectivity index is 2.86. The molecule has 7 nitrogen and oxygen atoms in total. The van der Waals surface area contributed by atoms with E-state index in [2.05, 4.69) is 0 Å². The van der Waals surface area contributed by atoms with Crippen LogP contribution in [0.3, 0.4) is 0 Å². The average Bonchev–Trinajstić information content (AvgIpc) is 2.46. The highest BCUT2D eigenvalue weighted by Crippen LogP contribution is 2.46. The van der Waals surface area contributed by atoms with E-state index in [4.69, 9.17) is 5.11 Å². The van der Waals surface area contributed by atoms with E-state index in [0.29, 0.717) is 0 Å². The van der Waals surface area contributed by atoms with Gasteiger partial charge in [-0.25, -0.2) is 0 Å². The first kappa shape index (κ1) is 12.6. The Kier molecular flexibility index (Phi) is 2.74. The second kappa shape index (κ2) is 4.13. The molecule has 1 aliphatic rings. The van der Waals surface area contributed by atoms with E-state index in [0.717, 1.165) is 18.2 Å². The van der Waals surface area contributed by atoms with Gasteiger partial charge >= 0.3 is 5.97 Å². The van der Waals surface area contributed by atoms with E-state index in [-0.39, 0.29) is 5.56 Å². The molecule has 0 aliphatic heterocycles. The van der Waals surface area contributed by atoms with Crippen LogP contribution in [0.4, 0.5) is 0 Å². The molecule has 1 aromatic rings. The molecule has 0 aromatic heterocycles. The predicted molar refractivity (Wildman–Crippen MR) is 63.1 cm³/mol.